The van der Waals surface area contributed by atoms with Crippen LogP contribution in [0, 0.1) is 5.92 Å². The summed E-state index contributed by atoms with van der Waals surface area (Å²) in [5.41, 5.74) is 7.11. The van der Waals surface area contributed by atoms with Crippen LogP contribution in [0.1, 0.15) is 44.6 Å². The van der Waals surface area contributed by atoms with Gasteiger partial charge in [-0.25, -0.2) is 8.42 Å². The van der Waals surface area contributed by atoms with Gasteiger partial charge in [0.25, 0.3) is 0 Å². The first-order chi connectivity index (χ1) is 13.8. The molecule has 2 rings (SSSR count). The van der Waals surface area contributed by atoms with E-state index in [1.54, 1.807) is 12.1 Å². The first-order valence-corrected chi connectivity index (χ1v) is 12.2. The van der Waals surface area contributed by atoms with E-state index in [0.717, 1.165) is 57.3 Å². The van der Waals surface area contributed by atoms with E-state index in [2.05, 4.69) is 10.2 Å². The molecular formula is C21H33N3O4S. The van der Waals surface area contributed by atoms with Crippen molar-refractivity contribution in [2.24, 2.45) is 11.7 Å². The minimum absolute atomic E-state index is 0.00426. The number of unbranched alkanes of at least 4 members (excludes halogenated alkanes) is 2. The Morgan fingerprint density at radius 2 is 1.79 bits per heavy atom. The van der Waals surface area contributed by atoms with Crippen LogP contribution < -0.4 is 11.1 Å². The van der Waals surface area contributed by atoms with Crippen LogP contribution in [0.25, 0.3) is 0 Å². The van der Waals surface area contributed by atoms with Gasteiger partial charge in [-0.3, -0.25) is 9.59 Å². The largest absolute Gasteiger partial charge is 0.369 e. The van der Waals surface area contributed by atoms with Crippen molar-refractivity contribution < 1.29 is 18.0 Å². The second kappa shape index (κ2) is 11.3. The molecule has 0 atom stereocenters. The van der Waals surface area contributed by atoms with E-state index in [-0.39, 0.29) is 17.6 Å². The Morgan fingerprint density at radius 1 is 1.14 bits per heavy atom. The maximum Gasteiger partial charge on any atom is 0.239 e. The molecular weight excluding hydrogens is 390 g/mol. The third-order valence-electron chi connectivity index (χ3n) is 5.35. The summed E-state index contributed by atoms with van der Waals surface area (Å²) < 4.78 is 23.9. The molecule has 0 saturated carbocycles. The molecule has 0 spiro atoms. The maximum atomic E-state index is 12.0. The van der Waals surface area contributed by atoms with Crippen molar-refractivity contribution in [2.45, 2.75) is 45.4 Å². The van der Waals surface area contributed by atoms with Gasteiger partial charge in [-0.2, -0.15) is 0 Å². The lowest BCUT2D eigenvalue weighted by Crippen LogP contribution is -2.39. The molecule has 1 saturated heterocycles. The lowest BCUT2D eigenvalue weighted by atomic mass is 9.96. The van der Waals surface area contributed by atoms with E-state index in [0.29, 0.717) is 12.1 Å². The van der Waals surface area contributed by atoms with Crippen LogP contribution in [0.15, 0.2) is 24.3 Å². The number of anilines is 1. The van der Waals surface area contributed by atoms with Gasteiger partial charge in [0.15, 0.2) is 9.84 Å². The van der Waals surface area contributed by atoms with Crippen LogP contribution in [0.5, 0.6) is 0 Å². The summed E-state index contributed by atoms with van der Waals surface area (Å²) in [4.78, 5) is 25.6. The number of carbonyl (C=O) groups is 2. The summed E-state index contributed by atoms with van der Waals surface area (Å²) in [7, 11) is -3.36. The molecule has 1 aliphatic rings. The van der Waals surface area contributed by atoms with Gasteiger partial charge in [0, 0.05) is 18.2 Å². The number of sulfone groups is 1. The smallest absolute Gasteiger partial charge is 0.239 e. The van der Waals surface area contributed by atoms with Gasteiger partial charge in [0.1, 0.15) is 5.75 Å². The van der Waals surface area contributed by atoms with Crippen LogP contribution in [-0.2, 0) is 25.8 Å². The zero-order valence-corrected chi connectivity index (χ0v) is 18.0. The van der Waals surface area contributed by atoms with Crippen molar-refractivity contribution in [1.82, 2.24) is 4.90 Å². The summed E-state index contributed by atoms with van der Waals surface area (Å²) in [6, 6.07) is 7.50. The van der Waals surface area contributed by atoms with Crippen molar-refractivity contribution >= 4 is 27.3 Å². The molecule has 1 aliphatic heterocycles. The number of benzene rings is 1. The number of hydrogen-bond donors (Lipinski definition) is 2. The summed E-state index contributed by atoms with van der Waals surface area (Å²) in [5.74, 6) is -1.10. The summed E-state index contributed by atoms with van der Waals surface area (Å²) in [6.45, 7) is 4.69. The van der Waals surface area contributed by atoms with E-state index in [1.165, 1.54) is 0 Å². The summed E-state index contributed by atoms with van der Waals surface area (Å²) >= 11 is 0. The van der Waals surface area contributed by atoms with E-state index in [9.17, 15) is 18.0 Å². The number of carbonyl (C=O) groups excluding carboxylic acids is 2. The highest BCUT2D eigenvalue weighted by atomic mass is 32.2. The molecule has 29 heavy (non-hydrogen) atoms. The SMILES string of the molecule is CCCCCS(=O)(=O)CC(=O)Nc1ccc(CCN2CCC(C(N)=O)CC2)cc1. The third-order valence-corrected chi connectivity index (χ3v) is 6.97. The standard InChI is InChI=1S/C21H33N3O4S/c1-2-3-4-15-29(27,28)16-20(25)23-19-7-5-17(6-8-19)9-12-24-13-10-18(11-14-24)21(22)26/h5-8,18H,2-4,9-16H2,1H3,(H2,22,26)(H,23,25). The first kappa shape index (κ1) is 23.3. The minimum Gasteiger partial charge on any atom is -0.369 e. The molecule has 1 aromatic rings. The van der Waals surface area contributed by atoms with Gasteiger partial charge < -0.3 is 16.0 Å². The number of amides is 2. The fourth-order valence-electron chi connectivity index (χ4n) is 3.52. The molecule has 1 fully saturated rings. The van der Waals surface area contributed by atoms with E-state index >= 15 is 0 Å². The second-order valence-electron chi connectivity index (χ2n) is 7.81. The van der Waals surface area contributed by atoms with E-state index in [4.69, 9.17) is 5.73 Å². The Morgan fingerprint density at radius 3 is 2.38 bits per heavy atom. The van der Waals surface area contributed by atoms with Crippen LogP contribution in [0.3, 0.4) is 0 Å². The number of primary amides is 1. The van der Waals surface area contributed by atoms with Crippen LogP contribution in [0.2, 0.25) is 0 Å². The van der Waals surface area contributed by atoms with E-state index in [1.807, 2.05) is 19.1 Å². The number of likely N-dealkylation sites (tertiary alicyclic amines) is 1. The molecule has 8 heteroatoms. The van der Waals surface area contributed by atoms with Gasteiger partial charge >= 0.3 is 0 Å². The van der Waals surface area contributed by atoms with Gasteiger partial charge in [0.2, 0.25) is 11.8 Å². The van der Waals surface area contributed by atoms with Crippen molar-refractivity contribution in [1.29, 1.82) is 0 Å². The first-order valence-electron chi connectivity index (χ1n) is 10.4. The van der Waals surface area contributed by atoms with Crippen molar-refractivity contribution in [3.8, 4) is 0 Å². The number of hydrogen-bond acceptors (Lipinski definition) is 5. The van der Waals surface area contributed by atoms with Gasteiger partial charge in [-0.05, 0) is 56.5 Å². The average molecular weight is 424 g/mol. The Kier molecular flexibility index (Phi) is 9.10. The number of nitrogens with two attached hydrogens (primary N) is 1. The Bertz CT molecular complexity index is 770. The number of piperidine rings is 1. The molecule has 162 valence electrons. The molecule has 0 aliphatic carbocycles. The molecule has 2 amide bonds. The lowest BCUT2D eigenvalue weighted by molar-refractivity contribution is -0.123. The summed E-state index contributed by atoms with van der Waals surface area (Å²) in [6.07, 6.45) is 4.91. The summed E-state index contributed by atoms with van der Waals surface area (Å²) in [5, 5.41) is 2.66. The highest BCUT2D eigenvalue weighted by Gasteiger charge is 2.22. The molecule has 3 N–H and O–H groups in total. The monoisotopic (exact) mass is 423 g/mol. The maximum absolute atomic E-state index is 12.0. The predicted molar refractivity (Wildman–Crippen MR) is 115 cm³/mol. The minimum atomic E-state index is -3.36. The van der Waals surface area contributed by atoms with Gasteiger partial charge in [0.05, 0.1) is 5.75 Å². The molecule has 1 heterocycles. The number of nitrogens with one attached hydrogen (secondary N) is 1. The van der Waals surface area contributed by atoms with Gasteiger partial charge in [-0.15, -0.1) is 0 Å². The Labute approximate surface area is 173 Å². The Balaban J connectivity index is 1.74. The van der Waals surface area contributed by atoms with Crippen molar-refractivity contribution in [3.05, 3.63) is 29.8 Å². The number of rotatable bonds is 11. The normalized spacial score (nSPS) is 15.9. The van der Waals surface area contributed by atoms with Crippen LogP contribution in [0.4, 0.5) is 5.69 Å². The average Bonchev–Trinajstić information content (AvgIpc) is 2.67. The molecule has 0 radical (unpaired) electrons. The molecule has 1 aromatic carbocycles. The van der Waals surface area contributed by atoms with Crippen LogP contribution >= 0.6 is 0 Å². The van der Waals surface area contributed by atoms with Crippen molar-refractivity contribution in [2.75, 3.05) is 36.5 Å². The topological polar surface area (TPSA) is 110 Å². The molecule has 7 nitrogen and oxygen atoms in total. The van der Waals surface area contributed by atoms with Gasteiger partial charge in [-0.1, -0.05) is 31.9 Å². The second-order valence-corrected chi connectivity index (χ2v) is 10.00. The Hall–Kier alpha value is -1.93. The van der Waals surface area contributed by atoms with Crippen LogP contribution in [-0.4, -0.2) is 56.3 Å². The van der Waals surface area contributed by atoms with E-state index < -0.39 is 21.5 Å². The zero-order chi connectivity index (χ0) is 21.3. The molecule has 0 bridgehead atoms. The fourth-order valence-corrected chi connectivity index (χ4v) is 4.78. The quantitative estimate of drug-likeness (QED) is 0.529. The highest BCUT2D eigenvalue weighted by Crippen LogP contribution is 2.17. The molecule has 0 unspecified atom stereocenters. The third kappa shape index (κ3) is 8.53. The lowest BCUT2D eigenvalue weighted by Gasteiger charge is -2.30. The highest BCUT2D eigenvalue weighted by molar-refractivity contribution is 7.92. The predicted octanol–water partition coefficient (Wildman–Crippen LogP) is 1.97. The number of nitrogens with zero attached hydrogens (tertiary/aromatic N) is 1. The molecule has 0 aromatic heterocycles. The fraction of sp³-hybridized carbons (Fsp3) is 0.619. The zero-order valence-electron chi connectivity index (χ0n) is 17.2. The van der Waals surface area contributed by atoms with Crippen molar-refractivity contribution in [3.63, 3.8) is 0 Å².